The lowest BCUT2D eigenvalue weighted by atomic mass is 10.1. The summed E-state index contributed by atoms with van der Waals surface area (Å²) in [6.07, 6.45) is -0.315. The van der Waals surface area contributed by atoms with Crippen LogP contribution in [0.1, 0.15) is 31.1 Å². The second-order valence-electron chi connectivity index (χ2n) is 7.31. The maximum absolute atomic E-state index is 12.2. The lowest BCUT2D eigenvalue weighted by molar-refractivity contribution is -0.114. The number of Topliss-reactive ketones (excluding diaryl/α,β-unsaturated/α-hetero) is 1. The molecule has 0 unspecified atom stereocenters. The van der Waals surface area contributed by atoms with Crippen molar-refractivity contribution in [3.05, 3.63) is 29.8 Å². The highest BCUT2D eigenvalue weighted by molar-refractivity contribution is 6.52. The van der Waals surface area contributed by atoms with Crippen molar-refractivity contribution in [1.82, 2.24) is 9.80 Å². The van der Waals surface area contributed by atoms with Crippen LogP contribution in [0.15, 0.2) is 24.3 Å². The monoisotopic (exact) mass is 345 g/mol. The zero-order chi connectivity index (χ0) is 18.2. The van der Waals surface area contributed by atoms with Gasteiger partial charge in [0.25, 0.3) is 5.78 Å². The standard InChI is InChI=1S/C18H23N3O4/c1-18(2,3)25-17(24)20-10-8-19(9-11-20)12-21-14-7-5-4-6-13(14)15(22)16(21)23/h4-7H,8-12H2,1-3H3. The molecule has 0 saturated carbocycles. The maximum Gasteiger partial charge on any atom is 0.410 e. The van der Waals surface area contributed by atoms with E-state index >= 15 is 0 Å². The van der Waals surface area contributed by atoms with Crippen molar-refractivity contribution >= 4 is 23.5 Å². The number of hydrogen-bond acceptors (Lipinski definition) is 5. The number of anilines is 1. The normalized spacial score (nSPS) is 18.5. The third-order valence-corrected chi connectivity index (χ3v) is 4.24. The average Bonchev–Trinajstić information content (AvgIpc) is 2.79. The van der Waals surface area contributed by atoms with E-state index in [0.29, 0.717) is 44.1 Å². The molecule has 1 aromatic carbocycles. The molecule has 25 heavy (non-hydrogen) atoms. The van der Waals surface area contributed by atoms with Gasteiger partial charge in [0, 0.05) is 26.2 Å². The van der Waals surface area contributed by atoms with E-state index in [-0.39, 0.29) is 6.09 Å². The molecule has 1 aromatic rings. The van der Waals surface area contributed by atoms with Gasteiger partial charge in [0.1, 0.15) is 5.60 Å². The Morgan fingerprint density at radius 2 is 1.72 bits per heavy atom. The van der Waals surface area contributed by atoms with E-state index < -0.39 is 17.3 Å². The molecule has 0 aromatic heterocycles. The molecule has 134 valence electrons. The van der Waals surface area contributed by atoms with Gasteiger partial charge < -0.3 is 9.64 Å². The number of carbonyl (C=O) groups is 3. The van der Waals surface area contributed by atoms with Crippen molar-refractivity contribution < 1.29 is 19.1 Å². The summed E-state index contributed by atoms with van der Waals surface area (Å²) in [4.78, 5) is 41.6. The minimum atomic E-state index is -0.514. The first-order valence-corrected chi connectivity index (χ1v) is 8.42. The van der Waals surface area contributed by atoms with Gasteiger partial charge in [0.2, 0.25) is 0 Å². The Bertz CT molecular complexity index is 703. The van der Waals surface area contributed by atoms with Crippen LogP contribution in [0.2, 0.25) is 0 Å². The number of piperazine rings is 1. The molecule has 3 rings (SSSR count). The van der Waals surface area contributed by atoms with Crippen LogP contribution < -0.4 is 4.90 Å². The average molecular weight is 345 g/mol. The second kappa shape index (κ2) is 6.48. The van der Waals surface area contributed by atoms with Crippen molar-refractivity contribution in [2.75, 3.05) is 37.7 Å². The second-order valence-corrected chi connectivity index (χ2v) is 7.31. The number of benzene rings is 1. The van der Waals surface area contributed by atoms with Crippen LogP contribution in [0.4, 0.5) is 10.5 Å². The molecule has 0 atom stereocenters. The highest BCUT2D eigenvalue weighted by Crippen LogP contribution is 2.28. The van der Waals surface area contributed by atoms with E-state index in [2.05, 4.69) is 4.90 Å². The molecule has 2 aliphatic heterocycles. The summed E-state index contributed by atoms with van der Waals surface area (Å²) in [5.41, 5.74) is 0.604. The number of ether oxygens (including phenoxy) is 1. The summed E-state index contributed by atoms with van der Waals surface area (Å²) >= 11 is 0. The number of carbonyl (C=O) groups excluding carboxylic acids is 3. The SMILES string of the molecule is CC(C)(C)OC(=O)N1CCN(CN2C(=O)C(=O)c3ccccc32)CC1. The van der Waals surface area contributed by atoms with Crippen LogP contribution in [0, 0.1) is 0 Å². The number of para-hydroxylation sites is 1. The zero-order valence-corrected chi connectivity index (χ0v) is 14.8. The van der Waals surface area contributed by atoms with Crippen molar-refractivity contribution in [3.63, 3.8) is 0 Å². The Hall–Kier alpha value is -2.41. The lowest BCUT2D eigenvalue weighted by Gasteiger charge is -2.37. The minimum Gasteiger partial charge on any atom is -0.444 e. The van der Waals surface area contributed by atoms with Gasteiger partial charge in [-0.3, -0.25) is 19.4 Å². The minimum absolute atomic E-state index is 0.315. The highest BCUT2D eigenvalue weighted by atomic mass is 16.6. The van der Waals surface area contributed by atoms with Crippen LogP contribution >= 0.6 is 0 Å². The number of fused-ring (bicyclic) bond motifs is 1. The van der Waals surface area contributed by atoms with E-state index in [1.807, 2.05) is 26.8 Å². The van der Waals surface area contributed by atoms with Gasteiger partial charge in [0.05, 0.1) is 17.9 Å². The lowest BCUT2D eigenvalue weighted by Crippen LogP contribution is -2.53. The zero-order valence-electron chi connectivity index (χ0n) is 14.8. The summed E-state index contributed by atoms with van der Waals surface area (Å²) in [5, 5.41) is 0. The number of ketones is 1. The number of nitrogens with zero attached hydrogens (tertiary/aromatic N) is 3. The fraction of sp³-hybridized carbons (Fsp3) is 0.500. The molecule has 1 saturated heterocycles. The molecule has 0 radical (unpaired) electrons. The smallest absolute Gasteiger partial charge is 0.410 e. The van der Waals surface area contributed by atoms with Crippen LogP contribution in [0.5, 0.6) is 0 Å². The first kappa shape index (κ1) is 17.4. The van der Waals surface area contributed by atoms with Crippen molar-refractivity contribution in [1.29, 1.82) is 0 Å². The number of hydrogen-bond donors (Lipinski definition) is 0. The van der Waals surface area contributed by atoms with Crippen LogP contribution in [-0.4, -0.2) is 66.0 Å². The summed E-state index contributed by atoms with van der Waals surface area (Å²) in [6.45, 7) is 8.19. The van der Waals surface area contributed by atoms with Gasteiger partial charge in [0.15, 0.2) is 0 Å². The van der Waals surface area contributed by atoms with E-state index in [0.717, 1.165) is 0 Å². The third-order valence-electron chi connectivity index (χ3n) is 4.24. The van der Waals surface area contributed by atoms with E-state index in [1.165, 1.54) is 4.90 Å². The van der Waals surface area contributed by atoms with Crippen LogP contribution in [-0.2, 0) is 9.53 Å². The third kappa shape index (κ3) is 3.66. The molecule has 2 amide bonds. The van der Waals surface area contributed by atoms with Crippen LogP contribution in [0.25, 0.3) is 0 Å². The Kier molecular flexibility index (Phi) is 4.51. The van der Waals surface area contributed by atoms with Gasteiger partial charge in [-0.05, 0) is 32.9 Å². The Morgan fingerprint density at radius 1 is 1.08 bits per heavy atom. The predicted octanol–water partition coefficient (Wildman–Crippen LogP) is 1.73. The molecule has 7 heteroatoms. The molecule has 0 bridgehead atoms. The van der Waals surface area contributed by atoms with Gasteiger partial charge in [-0.25, -0.2) is 4.79 Å². The molecule has 1 fully saturated rings. The van der Waals surface area contributed by atoms with Gasteiger partial charge in [-0.1, -0.05) is 12.1 Å². The molecular formula is C18H23N3O4. The Labute approximate surface area is 147 Å². The first-order chi connectivity index (χ1) is 11.8. The highest BCUT2D eigenvalue weighted by Gasteiger charge is 2.37. The largest absolute Gasteiger partial charge is 0.444 e. The van der Waals surface area contributed by atoms with Gasteiger partial charge in [-0.2, -0.15) is 0 Å². The van der Waals surface area contributed by atoms with Gasteiger partial charge in [-0.15, -0.1) is 0 Å². The van der Waals surface area contributed by atoms with E-state index in [9.17, 15) is 14.4 Å². The summed E-state index contributed by atoms with van der Waals surface area (Å²) in [6, 6.07) is 7.04. The van der Waals surface area contributed by atoms with Crippen molar-refractivity contribution in [3.8, 4) is 0 Å². The summed E-state index contributed by atoms with van der Waals surface area (Å²) in [5.74, 6) is -0.946. The summed E-state index contributed by atoms with van der Waals surface area (Å²) in [7, 11) is 0. The van der Waals surface area contributed by atoms with Crippen molar-refractivity contribution in [2.24, 2.45) is 0 Å². The molecule has 0 aliphatic carbocycles. The molecular weight excluding hydrogens is 322 g/mol. The maximum atomic E-state index is 12.2. The van der Waals surface area contributed by atoms with E-state index in [1.54, 1.807) is 23.1 Å². The fourth-order valence-corrected chi connectivity index (χ4v) is 2.99. The Morgan fingerprint density at radius 3 is 2.36 bits per heavy atom. The van der Waals surface area contributed by atoms with Crippen LogP contribution in [0.3, 0.4) is 0 Å². The predicted molar refractivity (Wildman–Crippen MR) is 92.5 cm³/mol. The molecule has 0 spiro atoms. The molecule has 2 heterocycles. The topological polar surface area (TPSA) is 70.2 Å². The van der Waals surface area contributed by atoms with Crippen molar-refractivity contribution in [2.45, 2.75) is 26.4 Å². The molecule has 0 N–H and O–H groups in total. The fourth-order valence-electron chi connectivity index (χ4n) is 2.99. The van der Waals surface area contributed by atoms with Gasteiger partial charge >= 0.3 is 12.0 Å². The summed E-state index contributed by atoms with van der Waals surface area (Å²) < 4.78 is 5.38. The molecule has 2 aliphatic rings. The van der Waals surface area contributed by atoms with E-state index in [4.69, 9.17) is 4.74 Å². The quantitative estimate of drug-likeness (QED) is 0.764. The number of amides is 2. The molecule has 7 nitrogen and oxygen atoms in total. The Balaban J connectivity index is 1.59. The first-order valence-electron chi connectivity index (χ1n) is 8.42. The number of rotatable bonds is 2.